The minimum atomic E-state index is 0.378. The molecule has 1 unspecified atom stereocenters. The predicted octanol–water partition coefficient (Wildman–Crippen LogP) is 6.04. The van der Waals surface area contributed by atoms with Gasteiger partial charge in [-0.15, -0.1) is 7.92 Å². The Morgan fingerprint density at radius 3 is 1.44 bits per heavy atom. The molecule has 0 aromatic rings. The second-order valence-electron chi connectivity index (χ2n) is 5.13. The lowest BCUT2D eigenvalue weighted by atomic mass is 10.1. The molecule has 0 aliphatic carbocycles. The maximum Gasteiger partial charge on any atom is -0.0328 e. The van der Waals surface area contributed by atoms with Crippen LogP contribution in [0.5, 0.6) is 0 Å². The molecule has 0 rings (SSSR count). The zero-order valence-electron chi connectivity index (χ0n) is 11.9. The van der Waals surface area contributed by atoms with Crippen LogP contribution < -0.4 is 0 Å². The standard InChI is InChI=1S/C15H33P/c1-4-6-8-10-11-13-15-16(3)14-12-9-7-5-2/h4-15H2,1-3H3. The first-order chi connectivity index (χ1) is 7.81. The summed E-state index contributed by atoms with van der Waals surface area (Å²) < 4.78 is 0. The topological polar surface area (TPSA) is 0 Å². The van der Waals surface area contributed by atoms with Crippen molar-refractivity contribution in [2.45, 2.75) is 78.1 Å². The minimum absolute atomic E-state index is 0.378. The van der Waals surface area contributed by atoms with Crippen LogP contribution in [0.4, 0.5) is 0 Å². The third-order valence-corrected chi connectivity index (χ3v) is 5.45. The van der Waals surface area contributed by atoms with Crippen molar-refractivity contribution in [2.24, 2.45) is 0 Å². The van der Waals surface area contributed by atoms with E-state index in [1.54, 1.807) is 0 Å². The van der Waals surface area contributed by atoms with Crippen molar-refractivity contribution in [2.75, 3.05) is 19.0 Å². The van der Waals surface area contributed by atoms with Crippen LogP contribution in [0, 0.1) is 0 Å². The van der Waals surface area contributed by atoms with Crippen LogP contribution in [0.2, 0.25) is 0 Å². The first kappa shape index (κ1) is 16.4. The second kappa shape index (κ2) is 13.5. The van der Waals surface area contributed by atoms with Crippen molar-refractivity contribution >= 4 is 7.92 Å². The maximum atomic E-state index is 2.51. The zero-order valence-corrected chi connectivity index (χ0v) is 12.8. The fraction of sp³-hybridized carbons (Fsp3) is 1.00. The van der Waals surface area contributed by atoms with Gasteiger partial charge in [0.15, 0.2) is 0 Å². The summed E-state index contributed by atoms with van der Waals surface area (Å²) in [4.78, 5) is 0. The summed E-state index contributed by atoms with van der Waals surface area (Å²) in [5.41, 5.74) is 0. The number of unbranched alkanes of at least 4 members (excludes halogenated alkanes) is 8. The fourth-order valence-corrected chi connectivity index (χ4v) is 3.83. The molecule has 0 N–H and O–H groups in total. The van der Waals surface area contributed by atoms with Crippen molar-refractivity contribution < 1.29 is 0 Å². The molecule has 1 heteroatoms. The van der Waals surface area contributed by atoms with E-state index in [1.165, 1.54) is 76.5 Å². The van der Waals surface area contributed by atoms with Crippen molar-refractivity contribution in [3.8, 4) is 0 Å². The smallest absolute Gasteiger partial charge is 0.0328 e. The molecule has 0 heterocycles. The molecule has 0 aromatic heterocycles. The van der Waals surface area contributed by atoms with Gasteiger partial charge < -0.3 is 0 Å². The summed E-state index contributed by atoms with van der Waals surface area (Å²) >= 11 is 0. The van der Waals surface area contributed by atoms with E-state index in [4.69, 9.17) is 0 Å². The monoisotopic (exact) mass is 244 g/mol. The Morgan fingerprint density at radius 2 is 0.938 bits per heavy atom. The molecule has 0 bridgehead atoms. The highest BCUT2D eigenvalue weighted by Crippen LogP contribution is 2.33. The first-order valence-electron chi connectivity index (χ1n) is 7.49. The Labute approximate surface area is 105 Å². The molecule has 0 saturated carbocycles. The van der Waals surface area contributed by atoms with Crippen LogP contribution in [0.3, 0.4) is 0 Å². The van der Waals surface area contributed by atoms with Gasteiger partial charge in [0, 0.05) is 0 Å². The van der Waals surface area contributed by atoms with Gasteiger partial charge in [0.1, 0.15) is 0 Å². The lowest BCUT2D eigenvalue weighted by Crippen LogP contribution is -1.90. The number of hydrogen-bond donors (Lipinski definition) is 0. The molecule has 1 atom stereocenters. The van der Waals surface area contributed by atoms with E-state index in [0.29, 0.717) is 7.92 Å². The molecule has 0 spiro atoms. The first-order valence-corrected chi connectivity index (χ1v) is 9.65. The average molecular weight is 244 g/mol. The molecule has 0 nitrogen and oxygen atoms in total. The van der Waals surface area contributed by atoms with E-state index in [0.717, 1.165) is 0 Å². The quantitative estimate of drug-likeness (QED) is 0.290. The van der Waals surface area contributed by atoms with E-state index in [1.807, 2.05) is 0 Å². The summed E-state index contributed by atoms with van der Waals surface area (Å²) in [6.45, 7) is 7.10. The molecular weight excluding hydrogens is 211 g/mol. The Balaban J connectivity index is 3.08. The van der Waals surface area contributed by atoms with Gasteiger partial charge in [0.2, 0.25) is 0 Å². The molecule has 98 valence electrons. The summed E-state index contributed by atoms with van der Waals surface area (Å²) in [5, 5.41) is 0. The normalized spacial score (nSPS) is 12.9. The number of rotatable bonds is 12. The van der Waals surface area contributed by atoms with Crippen molar-refractivity contribution in [1.82, 2.24) is 0 Å². The van der Waals surface area contributed by atoms with E-state index in [2.05, 4.69) is 20.5 Å². The largest absolute Gasteiger partial charge is 0.110 e. The number of hydrogen-bond acceptors (Lipinski definition) is 0. The third-order valence-electron chi connectivity index (χ3n) is 3.29. The third kappa shape index (κ3) is 12.5. The van der Waals surface area contributed by atoms with Crippen molar-refractivity contribution in [3.63, 3.8) is 0 Å². The van der Waals surface area contributed by atoms with Gasteiger partial charge in [-0.1, -0.05) is 65.2 Å². The second-order valence-corrected chi connectivity index (χ2v) is 7.74. The van der Waals surface area contributed by atoms with Gasteiger partial charge in [-0.05, 0) is 31.8 Å². The molecular formula is C15H33P. The highest BCUT2D eigenvalue weighted by Gasteiger charge is 2.00. The molecule has 0 aliphatic rings. The fourth-order valence-electron chi connectivity index (χ4n) is 2.08. The SMILES string of the molecule is CCCCCCCCP(C)CCCCCC. The Hall–Kier alpha value is 0.430. The summed E-state index contributed by atoms with van der Waals surface area (Å²) in [5.74, 6) is 0. The van der Waals surface area contributed by atoms with Crippen molar-refractivity contribution in [1.29, 1.82) is 0 Å². The molecule has 16 heavy (non-hydrogen) atoms. The lowest BCUT2D eigenvalue weighted by Gasteiger charge is -2.11. The van der Waals surface area contributed by atoms with Crippen LogP contribution in [-0.4, -0.2) is 19.0 Å². The van der Waals surface area contributed by atoms with Gasteiger partial charge >= 0.3 is 0 Å². The summed E-state index contributed by atoms with van der Waals surface area (Å²) in [6.07, 6.45) is 17.6. The van der Waals surface area contributed by atoms with Crippen LogP contribution in [0.25, 0.3) is 0 Å². The van der Waals surface area contributed by atoms with E-state index in [-0.39, 0.29) is 0 Å². The van der Waals surface area contributed by atoms with E-state index in [9.17, 15) is 0 Å². The lowest BCUT2D eigenvalue weighted by molar-refractivity contribution is 0.626. The molecule has 0 aliphatic heterocycles. The molecule has 0 radical (unpaired) electrons. The molecule has 0 aromatic carbocycles. The van der Waals surface area contributed by atoms with Gasteiger partial charge in [-0.3, -0.25) is 0 Å². The van der Waals surface area contributed by atoms with Gasteiger partial charge in [0.25, 0.3) is 0 Å². The molecule has 0 saturated heterocycles. The Morgan fingerprint density at radius 1 is 0.562 bits per heavy atom. The summed E-state index contributed by atoms with van der Waals surface area (Å²) in [6, 6.07) is 0. The highest BCUT2D eigenvalue weighted by atomic mass is 31.1. The van der Waals surface area contributed by atoms with Crippen LogP contribution in [0.1, 0.15) is 78.1 Å². The predicted molar refractivity (Wildman–Crippen MR) is 80.1 cm³/mol. The van der Waals surface area contributed by atoms with Crippen molar-refractivity contribution in [3.05, 3.63) is 0 Å². The summed E-state index contributed by atoms with van der Waals surface area (Å²) in [7, 11) is 0.378. The molecule has 0 amide bonds. The van der Waals surface area contributed by atoms with E-state index < -0.39 is 0 Å². The van der Waals surface area contributed by atoms with Gasteiger partial charge in [-0.25, -0.2) is 0 Å². The van der Waals surface area contributed by atoms with Crippen LogP contribution in [0.15, 0.2) is 0 Å². The zero-order chi connectivity index (χ0) is 12.1. The van der Waals surface area contributed by atoms with Crippen LogP contribution in [-0.2, 0) is 0 Å². The Kier molecular flexibility index (Phi) is 13.9. The van der Waals surface area contributed by atoms with Crippen LogP contribution >= 0.6 is 7.92 Å². The average Bonchev–Trinajstić information content (AvgIpc) is 2.29. The minimum Gasteiger partial charge on any atom is -0.110 e. The Bertz CT molecular complexity index is 123. The molecule has 0 fully saturated rings. The maximum absolute atomic E-state index is 2.51. The van der Waals surface area contributed by atoms with E-state index >= 15 is 0 Å². The highest BCUT2D eigenvalue weighted by molar-refractivity contribution is 7.56. The van der Waals surface area contributed by atoms with Gasteiger partial charge in [-0.2, -0.15) is 0 Å². The van der Waals surface area contributed by atoms with Gasteiger partial charge in [0.05, 0.1) is 0 Å².